The molecule has 0 aliphatic rings. The van der Waals surface area contributed by atoms with Crippen LogP contribution in [0.1, 0.15) is 22.0 Å². The molecule has 0 bridgehead atoms. The summed E-state index contributed by atoms with van der Waals surface area (Å²) in [5.41, 5.74) is 1.87. The lowest BCUT2D eigenvalue weighted by molar-refractivity contribution is -0.116. The molecule has 0 unspecified atom stereocenters. The van der Waals surface area contributed by atoms with Gasteiger partial charge >= 0.3 is 0 Å². The molecule has 0 saturated heterocycles. The van der Waals surface area contributed by atoms with Gasteiger partial charge in [0.2, 0.25) is 17.6 Å². The quantitative estimate of drug-likeness (QED) is 0.435. The SMILES string of the molecule is O=C(CCc1nc(-c2ccc(F)cc2)no1)Nc1ccc(NC(=O)c2cccs2)cc1. The molecule has 2 amide bonds. The molecule has 2 N–H and O–H groups in total. The molecule has 4 aromatic rings. The molecule has 0 saturated carbocycles. The fourth-order valence-corrected chi connectivity index (χ4v) is 3.37. The third kappa shape index (κ3) is 5.40. The predicted octanol–water partition coefficient (Wildman–Crippen LogP) is 4.76. The first kappa shape index (κ1) is 20.4. The minimum absolute atomic E-state index is 0.155. The fraction of sp³-hybridized carbons (Fsp3) is 0.0909. The van der Waals surface area contributed by atoms with Gasteiger partial charge < -0.3 is 15.2 Å². The van der Waals surface area contributed by atoms with Crippen LogP contribution in [0.25, 0.3) is 11.4 Å². The van der Waals surface area contributed by atoms with E-state index in [0.717, 1.165) is 0 Å². The van der Waals surface area contributed by atoms with Crippen molar-refractivity contribution in [3.63, 3.8) is 0 Å². The second-order valence-electron chi connectivity index (χ2n) is 6.58. The minimum atomic E-state index is -0.345. The number of rotatable bonds is 7. The van der Waals surface area contributed by atoms with E-state index in [4.69, 9.17) is 4.52 Å². The molecule has 0 atom stereocenters. The average Bonchev–Trinajstić information content (AvgIpc) is 3.47. The van der Waals surface area contributed by atoms with Gasteiger partial charge in [-0.2, -0.15) is 4.98 Å². The van der Waals surface area contributed by atoms with Crippen LogP contribution in [0.15, 0.2) is 70.6 Å². The summed E-state index contributed by atoms with van der Waals surface area (Å²) in [7, 11) is 0. The number of hydrogen-bond donors (Lipinski definition) is 2. The summed E-state index contributed by atoms with van der Waals surface area (Å²) in [4.78, 5) is 29.1. The number of halogens is 1. The summed E-state index contributed by atoms with van der Waals surface area (Å²) in [6.45, 7) is 0. The zero-order valence-corrected chi connectivity index (χ0v) is 17.0. The lowest BCUT2D eigenvalue weighted by atomic mass is 10.2. The number of nitrogens with one attached hydrogen (secondary N) is 2. The van der Waals surface area contributed by atoms with Crippen molar-refractivity contribution in [2.75, 3.05) is 10.6 Å². The maximum absolute atomic E-state index is 13.0. The van der Waals surface area contributed by atoms with Gasteiger partial charge in [0.1, 0.15) is 5.82 Å². The van der Waals surface area contributed by atoms with Crippen molar-refractivity contribution in [1.82, 2.24) is 10.1 Å². The number of aryl methyl sites for hydroxylation is 1. The lowest BCUT2D eigenvalue weighted by Crippen LogP contribution is -2.13. The van der Waals surface area contributed by atoms with Gasteiger partial charge in [-0.05, 0) is 60.0 Å². The Morgan fingerprint density at radius 2 is 1.68 bits per heavy atom. The second kappa shape index (κ2) is 9.31. The molecule has 0 aliphatic heterocycles. The molecule has 2 heterocycles. The minimum Gasteiger partial charge on any atom is -0.339 e. The van der Waals surface area contributed by atoms with Gasteiger partial charge in [-0.3, -0.25) is 9.59 Å². The van der Waals surface area contributed by atoms with Gasteiger partial charge in [0.25, 0.3) is 5.91 Å². The Bertz CT molecular complexity index is 1170. The summed E-state index contributed by atoms with van der Waals surface area (Å²) in [6.07, 6.45) is 0.427. The molecule has 9 heteroatoms. The van der Waals surface area contributed by atoms with Crippen molar-refractivity contribution in [3.05, 3.63) is 82.6 Å². The summed E-state index contributed by atoms with van der Waals surface area (Å²) in [5.74, 6) is -0.0676. The molecule has 2 aromatic heterocycles. The molecule has 31 heavy (non-hydrogen) atoms. The van der Waals surface area contributed by atoms with Gasteiger partial charge in [0, 0.05) is 29.8 Å². The Morgan fingerprint density at radius 1 is 0.968 bits per heavy atom. The van der Waals surface area contributed by atoms with E-state index in [-0.39, 0.29) is 30.5 Å². The van der Waals surface area contributed by atoms with E-state index < -0.39 is 0 Å². The highest BCUT2D eigenvalue weighted by molar-refractivity contribution is 7.12. The number of carbonyl (C=O) groups excluding carboxylic acids is 2. The van der Waals surface area contributed by atoms with Gasteiger partial charge in [-0.25, -0.2) is 4.39 Å². The van der Waals surface area contributed by atoms with Crippen LogP contribution in [0.4, 0.5) is 15.8 Å². The zero-order valence-electron chi connectivity index (χ0n) is 16.2. The monoisotopic (exact) mass is 436 g/mol. The van der Waals surface area contributed by atoms with Crippen molar-refractivity contribution in [2.24, 2.45) is 0 Å². The molecule has 4 rings (SSSR count). The molecule has 0 radical (unpaired) electrons. The van der Waals surface area contributed by atoms with Crippen LogP contribution in [-0.2, 0) is 11.2 Å². The van der Waals surface area contributed by atoms with Crippen LogP contribution in [0, 0.1) is 5.82 Å². The molecule has 0 aliphatic carbocycles. The lowest BCUT2D eigenvalue weighted by Gasteiger charge is -2.07. The van der Waals surface area contributed by atoms with Gasteiger partial charge in [0.05, 0.1) is 4.88 Å². The molecule has 2 aromatic carbocycles. The molecule has 7 nitrogen and oxygen atoms in total. The molecule has 0 spiro atoms. The van der Waals surface area contributed by atoms with Crippen LogP contribution in [0.3, 0.4) is 0 Å². The van der Waals surface area contributed by atoms with E-state index in [1.54, 1.807) is 42.5 Å². The van der Waals surface area contributed by atoms with E-state index >= 15 is 0 Å². The van der Waals surface area contributed by atoms with Gasteiger partial charge in [-0.15, -0.1) is 11.3 Å². The Morgan fingerprint density at radius 3 is 2.35 bits per heavy atom. The number of carbonyl (C=O) groups is 2. The summed E-state index contributed by atoms with van der Waals surface area (Å²) in [6, 6.07) is 16.2. The van der Waals surface area contributed by atoms with Crippen LogP contribution in [-0.4, -0.2) is 22.0 Å². The number of benzene rings is 2. The number of thiophene rings is 1. The van der Waals surface area contributed by atoms with E-state index in [1.165, 1.54) is 23.5 Å². The Kier molecular flexibility index (Phi) is 6.13. The first-order valence-corrected chi connectivity index (χ1v) is 10.3. The number of amides is 2. The molecular formula is C22H17FN4O3S. The summed E-state index contributed by atoms with van der Waals surface area (Å²) < 4.78 is 18.2. The van der Waals surface area contributed by atoms with E-state index in [2.05, 4.69) is 20.8 Å². The Labute approximate surface area is 180 Å². The highest BCUT2D eigenvalue weighted by Crippen LogP contribution is 2.18. The third-order valence-electron chi connectivity index (χ3n) is 4.31. The smallest absolute Gasteiger partial charge is 0.265 e. The maximum Gasteiger partial charge on any atom is 0.265 e. The summed E-state index contributed by atoms with van der Waals surface area (Å²) >= 11 is 1.36. The maximum atomic E-state index is 13.0. The molecule has 156 valence electrons. The highest BCUT2D eigenvalue weighted by atomic mass is 32.1. The van der Waals surface area contributed by atoms with Gasteiger partial charge in [0.15, 0.2) is 0 Å². The van der Waals surface area contributed by atoms with Crippen molar-refractivity contribution >= 4 is 34.5 Å². The van der Waals surface area contributed by atoms with E-state index in [0.29, 0.717) is 33.5 Å². The predicted molar refractivity (Wildman–Crippen MR) is 115 cm³/mol. The zero-order chi connectivity index (χ0) is 21.6. The van der Waals surface area contributed by atoms with E-state index in [9.17, 15) is 14.0 Å². The average molecular weight is 436 g/mol. The normalized spacial score (nSPS) is 10.6. The van der Waals surface area contributed by atoms with Crippen molar-refractivity contribution in [3.8, 4) is 11.4 Å². The first-order chi connectivity index (χ1) is 15.1. The highest BCUT2D eigenvalue weighted by Gasteiger charge is 2.12. The standard InChI is InChI=1S/C22H17FN4O3S/c23-15-5-3-14(4-6-15)21-26-20(30-27-21)12-11-19(28)24-16-7-9-17(10-8-16)25-22(29)18-2-1-13-31-18/h1-10,13H,11-12H2,(H,24,28)(H,25,29). The Hall–Kier alpha value is -3.85. The molecular weight excluding hydrogens is 419 g/mol. The van der Waals surface area contributed by atoms with Crippen molar-refractivity contribution < 1.29 is 18.5 Å². The summed E-state index contributed by atoms with van der Waals surface area (Å²) in [5, 5.41) is 11.3. The third-order valence-corrected chi connectivity index (χ3v) is 5.18. The first-order valence-electron chi connectivity index (χ1n) is 9.40. The number of anilines is 2. The number of aromatic nitrogens is 2. The van der Waals surface area contributed by atoms with Gasteiger partial charge in [-0.1, -0.05) is 11.2 Å². The molecule has 0 fully saturated rings. The topological polar surface area (TPSA) is 97.1 Å². The van der Waals surface area contributed by atoms with Crippen LogP contribution < -0.4 is 10.6 Å². The van der Waals surface area contributed by atoms with Crippen LogP contribution >= 0.6 is 11.3 Å². The van der Waals surface area contributed by atoms with Crippen LogP contribution in [0.2, 0.25) is 0 Å². The fourth-order valence-electron chi connectivity index (χ4n) is 2.75. The largest absolute Gasteiger partial charge is 0.339 e. The van der Waals surface area contributed by atoms with Crippen molar-refractivity contribution in [2.45, 2.75) is 12.8 Å². The van der Waals surface area contributed by atoms with E-state index in [1.807, 2.05) is 11.4 Å². The Balaban J connectivity index is 1.27. The number of hydrogen-bond acceptors (Lipinski definition) is 6. The van der Waals surface area contributed by atoms with Crippen LogP contribution in [0.5, 0.6) is 0 Å². The number of nitrogens with zero attached hydrogens (tertiary/aromatic N) is 2. The second-order valence-corrected chi connectivity index (χ2v) is 7.52. The van der Waals surface area contributed by atoms with Crippen molar-refractivity contribution in [1.29, 1.82) is 0 Å².